The molecule has 36 heavy (non-hydrogen) atoms. The van der Waals surface area contributed by atoms with Crippen molar-refractivity contribution in [1.82, 2.24) is 4.57 Å². The maximum atomic E-state index is 13.6. The van der Waals surface area contributed by atoms with E-state index in [1.54, 1.807) is 57.2 Å². The number of alkyl halides is 2. The van der Waals surface area contributed by atoms with Crippen molar-refractivity contribution in [3.63, 3.8) is 0 Å². The van der Waals surface area contributed by atoms with Gasteiger partial charge in [0.25, 0.3) is 5.56 Å². The van der Waals surface area contributed by atoms with Crippen molar-refractivity contribution in [2.75, 3.05) is 7.11 Å². The molecule has 188 valence electrons. The van der Waals surface area contributed by atoms with Gasteiger partial charge in [-0.2, -0.15) is 8.78 Å². The second-order valence-electron chi connectivity index (χ2n) is 8.26. The number of hydrogen-bond acceptors (Lipinski definition) is 7. The standard InChI is InChI=1S/C26H24F2N2O5S/c1-14(2)34-24(32)21-15(3)29-26-30(22(21)17-6-5-7-19(13-17)33-4)23(31)20(36-26)12-16-8-10-18(11-9-16)35-25(27)28/h5-14,22,25H,1-4H3/b20-12-/t22-/m0/s1. The first-order chi connectivity index (χ1) is 17.2. The van der Waals surface area contributed by atoms with E-state index >= 15 is 0 Å². The number of hydrogen-bond donors (Lipinski definition) is 0. The maximum Gasteiger partial charge on any atom is 0.387 e. The molecule has 1 aromatic heterocycles. The van der Waals surface area contributed by atoms with E-state index in [1.807, 2.05) is 6.07 Å². The first-order valence-corrected chi connectivity index (χ1v) is 11.9. The van der Waals surface area contributed by atoms with Crippen LogP contribution in [0.1, 0.15) is 37.9 Å². The number of fused-ring (bicyclic) bond motifs is 1. The van der Waals surface area contributed by atoms with E-state index in [9.17, 15) is 18.4 Å². The van der Waals surface area contributed by atoms with Crippen LogP contribution >= 0.6 is 11.3 Å². The number of halogens is 2. The molecule has 0 spiro atoms. The summed E-state index contributed by atoms with van der Waals surface area (Å²) in [7, 11) is 1.54. The number of carbonyl (C=O) groups is 1. The molecule has 0 bridgehead atoms. The van der Waals surface area contributed by atoms with Gasteiger partial charge in [-0.1, -0.05) is 35.6 Å². The van der Waals surface area contributed by atoms with Crippen LogP contribution in [0.5, 0.6) is 11.5 Å². The zero-order valence-corrected chi connectivity index (χ0v) is 20.8. The molecule has 4 rings (SSSR count). The highest BCUT2D eigenvalue weighted by atomic mass is 32.1. The van der Waals surface area contributed by atoms with E-state index in [2.05, 4.69) is 9.73 Å². The summed E-state index contributed by atoms with van der Waals surface area (Å²) in [4.78, 5) is 31.7. The van der Waals surface area contributed by atoms with Crippen LogP contribution in [0.2, 0.25) is 0 Å². The van der Waals surface area contributed by atoms with E-state index < -0.39 is 18.6 Å². The summed E-state index contributed by atoms with van der Waals surface area (Å²) in [6.07, 6.45) is 1.29. The number of nitrogens with zero attached hydrogens (tertiary/aromatic N) is 2. The third-order valence-corrected chi connectivity index (χ3v) is 6.38. The molecule has 0 fully saturated rings. The number of rotatable bonds is 7. The molecule has 1 aliphatic rings. The topological polar surface area (TPSA) is 79.1 Å². The molecule has 0 saturated heterocycles. The Balaban J connectivity index is 1.87. The van der Waals surface area contributed by atoms with Gasteiger partial charge in [0, 0.05) is 0 Å². The monoisotopic (exact) mass is 514 g/mol. The molecule has 1 atom stereocenters. The van der Waals surface area contributed by atoms with E-state index in [0.29, 0.717) is 31.9 Å². The van der Waals surface area contributed by atoms with Gasteiger partial charge in [0.1, 0.15) is 11.5 Å². The van der Waals surface area contributed by atoms with Gasteiger partial charge < -0.3 is 14.2 Å². The molecule has 1 aliphatic heterocycles. The third-order valence-electron chi connectivity index (χ3n) is 5.40. The average Bonchev–Trinajstić information content (AvgIpc) is 3.13. The fraction of sp³-hybridized carbons (Fsp3) is 0.269. The number of esters is 1. The molecular weight excluding hydrogens is 490 g/mol. The predicted molar refractivity (Wildman–Crippen MR) is 131 cm³/mol. The van der Waals surface area contributed by atoms with Gasteiger partial charge >= 0.3 is 12.6 Å². The quantitative estimate of drug-likeness (QED) is 0.449. The minimum atomic E-state index is -2.92. The van der Waals surface area contributed by atoms with Gasteiger partial charge in [0.05, 0.1) is 35.1 Å². The van der Waals surface area contributed by atoms with Crippen LogP contribution in [0.4, 0.5) is 8.78 Å². The molecule has 3 aromatic rings. The SMILES string of the molecule is COc1cccc([C@H]2C(C(=O)OC(C)C)=C(C)N=c3s/c(=C\c4ccc(OC(F)F)cc4)c(=O)n32)c1. The van der Waals surface area contributed by atoms with Gasteiger partial charge in [-0.05, 0) is 62.2 Å². The highest BCUT2D eigenvalue weighted by Gasteiger charge is 2.34. The number of benzene rings is 2. The maximum absolute atomic E-state index is 13.6. The molecule has 2 heterocycles. The Hall–Kier alpha value is -3.79. The minimum absolute atomic E-state index is 0.0190. The molecule has 0 radical (unpaired) electrons. The van der Waals surface area contributed by atoms with Crippen LogP contribution in [0, 0.1) is 0 Å². The number of allylic oxidation sites excluding steroid dienone is 1. The highest BCUT2D eigenvalue weighted by Crippen LogP contribution is 2.32. The lowest BCUT2D eigenvalue weighted by molar-refractivity contribution is -0.143. The Morgan fingerprint density at radius 1 is 1.14 bits per heavy atom. The van der Waals surface area contributed by atoms with Crippen LogP contribution in [-0.2, 0) is 9.53 Å². The van der Waals surface area contributed by atoms with Crippen molar-refractivity contribution in [2.24, 2.45) is 4.99 Å². The molecule has 0 amide bonds. The number of methoxy groups -OCH3 is 1. The van der Waals surface area contributed by atoms with Crippen molar-refractivity contribution >= 4 is 23.4 Å². The summed E-state index contributed by atoms with van der Waals surface area (Å²) in [6, 6.07) is 12.3. The molecule has 2 aromatic carbocycles. The summed E-state index contributed by atoms with van der Waals surface area (Å²) in [5.41, 5.74) is 1.66. The smallest absolute Gasteiger partial charge is 0.387 e. The van der Waals surface area contributed by atoms with Gasteiger partial charge in [0.15, 0.2) is 4.80 Å². The normalized spacial score (nSPS) is 15.7. The summed E-state index contributed by atoms with van der Waals surface area (Å²) in [6.45, 7) is 2.29. The largest absolute Gasteiger partial charge is 0.497 e. The Labute approximate surface area is 209 Å². The fourth-order valence-electron chi connectivity index (χ4n) is 3.88. The lowest BCUT2D eigenvalue weighted by Crippen LogP contribution is -2.40. The molecule has 0 saturated carbocycles. The number of thiazole rings is 1. The zero-order valence-electron chi connectivity index (χ0n) is 20.0. The molecular formula is C26H24F2N2O5S. The first-order valence-electron chi connectivity index (χ1n) is 11.1. The third kappa shape index (κ3) is 5.23. The summed E-state index contributed by atoms with van der Waals surface area (Å²) >= 11 is 1.17. The Morgan fingerprint density at radius 3 is 2.50 bits per heavy atom. The number of carbonyl (C=O) groups excluding carboxylic acids is 1. The van der Waals surface area contributed by atoms with Crippen molar-refractivity contribution in [3.8, 4) is 11.5 Å². The zero-order chi connectivity index (χ0) is 26.0. The fourth-order valence-corrected chi connectivity index (χ4v) is 4.93. The molecule has 0 N–H and O–H groups in total. The van der Waals surface area contributed by atoms with Gasteiger partial charge in [-0.15, -0.1) is 0 Å². The van der Waals surface area contributed by atoms with Gasteiger partial charge in [-0.3, -0.25) is 9.36 Å². The molecule has 0 unspecified atom stereocenters. The number of ether oxygens (including phenoxy) is 3. The Morgan fingerprint density at radius 2 is 1.86 bits per heavy atom. The summed E-state index contributed by atoms with van der Waals surface area (Å²) in [5.74, 6) is 0.0421. The lowest BCUT2D eigenvalue weighted by atomic mass is 9.95. The Kier molecular flexibility index (Phi) is 7.35. The van der Waals surface area contributed by atoms with E-state index in [1.165, 1.54) is 35.1 Å². The lowest BCUT2D eigenvalue weighted by Gasteiger charge is -2.25. The second kappa shape index (κ2) is 10.4. The van der Waals surface area contributed by atoms with Crippen LogP contribution in [0.15, 0.2) is 69.6 Å². The van der Waals surface area contributed by atoms with Crippen LogP contribution in [0.3, 0.4) is 0 Å². The van der Waals surface area contributed by atoms with Crippen molar-refractivity contribution < 1.29 is 27.8 Å². The van der Waals surface area contributed by atoms with E-state index in [4.69, 9.17) is 9.47 Å². The predicted octanol–water partition coefficient (Wildman–Crippen LogP) is 3.80. The Bertz CT molecular complexity index is 1490. The first kappa shape index (κ1) is 25.3. The minimum Gasteiger partial charge on any atom is -0.497 e. The van der Waals surface area contributed by atoms with Gasteiger partial charge in [0.2, 0.25) is 0 Å². The van der Waals surface area contributed by atoms with Crippen LogP contribution < -0.4 is 24.4 Å². The van der Waals surface area contributed by atoms with E-state index in [-0.39, 0.29) is 23.0 Å². The summed E-state index contributed by atoms with van der Waals surface area (Å²) in [5, 5.41) is 0. The summed E-state index contributed by atoms with van der Waals surface area (Å²) < 4.78 is 42.0. The van der Waals surface area contributed by atoms with Gasteiger partial charge in [-0.25, -0.2) is 9.79 Å². The molecule has 7 nitrogen and oxygen atoms in total. The van der Waals surface area contributed by atoms with E-state index in [0.717, 1.165) is 0 Å². The number of aromatic nitrogens is 1. The molecule has 10 heteroatoms. The van der Waals surface area contributed by atoms with Crippen LogP contribution in [0.25, 0.3) is 6.08 Å². The second-order valence-corrected chi connectivity index (χ2v) is 9.27. The highest BCUT2D eigenvalue weighted by molar-refractivity contribution is 7.07. The van der Waals surface area contributed by atoms with Crippen molar-refractivity contribution in [1.29, 1.82) is 0 Å². The van der Waals surface area contributed by atoms with Crippen LogP contribution in [-0.4, -0.2) is 30.4 Å². The van der Waals surface area contributed by atoms with Crippen molar-refractivity contribution in [2.45, 2.75) is 39.5 Å². The average molecular weight is 515 g/mol. The molecule has 0 aliphatic carbocycles. The van der Waals surface area contributed by atoms with Crippen molar-refractivity contribution in [3.05, 3.63) is 90.6 Å².